The summed E-state index contributed by atoms with van der Waals surface area (Å²) in [6.45, 7) is 3.97. The Bertz CT molecular complexity index is 1050. The molecule has 1 heterocycles. The first-order valence-corrected chi connectivity index (χ1v) is 8.65. The van der Waals surface area contributed by atoms with Crippen LogP contribution in [0.15, 0.2) is 64.1 Å². The van der Waals surface area contributed by atoms with Crippen molar-refractivity contribution >= 4 is 17.8 Å². The summed E-state index contributed by atoms with van der Waals surface area (Å²) in [4.78, 5) is 22.7. The summed E-state index contributed by atoms with van der Waals surface area (Å²) in [6, 6.07) is 15.5. The number of carbonyl (C=O) groups is 1. The number of para-hydroxylation sites is 1. The summed E-state index contributed by atoms with van der Waals surface area (Å²) >= 11 is 0. The molecule has 7 nitrogen and oxygen atoms in total. The third-order valence-corrected chi connectivity index (χ3v) is 4.22. The average molecular weight is 377 g/mol. The standard InChI is InChI=1S/C21H19N3O4/c1-14-7-8-16(15(2)11-14)12-21(25)23-22-13-17-9-10-20(28-17)18-5-3-4-6-19(18)24(26)27/h3-11,13H,12H2,1-2H3,(H,23,25)/b22-13+. The fraction of sp³-hybridized carbons (Fsp3) is 0.143. The molecular weight excluding hydrogens is 358 g/mol. The van der Waals surface area contributed by atoms with E-state index in [0.717, 1.165) is 16.7 Å². The first-order chi connectivity index (χ1) is 13.4. The molecule has 0 fully saturated rings. The highest BCUT2D eigenvalue weighted by atomic mass is 16.6. The molecule has 2 aromatic carbocycles. The number of hydrogen-bond donors (Lipinski definition) is 1. The van der Waals surface area contributed by atoms with Crippen LogP contribution in [-0.2, 0) is 11.2 Å². The van der Waals surface area contributed by atoms with Crippen LogP contribution in [0.25, 0.3) is 11.3 Å². The lowest BCUT2D eigenvalue weighted by atomic mass is 10.0. The van der Waals surface area contributed by atoms with E-state index in [4.69, 9.17) is 4.42 Å². The SMILES string of the molecule is Cc1ccc(CC(=O)N/N=C/c2ccc(-c3ccccc3[N+](=O)[O-])o2)c(C)c1. The number of nitrogens with one attached hydrogen (secondary N) is 1. The van der Waals surface area contributed by atoms with E-state index in [0.29, 0.717) is 17.1 Å². The van der Waals surface area contributed by atoms with Crippen molar-refractivity contribution in [2.45, 2.75) is 20.3 Å². The normalized spacial score (nSPS) is 10.9. The van der Waals surface area contributed by atoms with Gasteiger partial charge >= 0.3 is 0 Å². The highest BCUT2D eigenvalue weighted by Gasteiger charge is 2.16. The maximum absolute atomic E-state index is 12.1. The first-order valence-electron chi connectivity index (χ1n) is 8.65. The van der Waals surface area contributed by atoms with E-state index in [1.165, 1.54) is 12.3 Å². The average Bonchev–Trinajstić information content (AvgIpc) is 3.13. The Morgan fingerprint density at radius 2 is 1.96 bits per heavy atom. The second-order valence-corrected chi connectivity index (χ2v) is 6.38. The van der Waals surface area contributed by atoms with Crippen LogP contribution >= 0.6 is 0 Å². The van der Waals surface area contributed by atoms with Crippen LogP contribution in [-0.4, -0.2) is 17.0 Å². The minimum atomic E-state index is -0.459. The molecule has 3 rings (SSSR count). The van der Waals surface area contributed by atoms with Gasteiger partial charge < -0.3 is 4.42 Å². The van der Waals surface area contributed by atoms with E-state index in [2.05, 4.69) is 10.5 Å². The number of benzene rings is 2. The number of nitro benzene ring substituents is 1. The minimum Gasteiger partial charge on any atom is -0.455 e. The lowest BCUT2D eigenvalue weighted by molar-refractivity contribution is -0.384. The topological polar surface area (TPSA) is 97.7 Å². The van der Waals surface area contributed by atoms with Gasteiger partial charge in [0.15, 0.2) is 0 Å². The van der Waals surface area contributed by atoms with E-state index < -0.39 is 4.92 Å². The summed E-state index contributed by atoms with van der Waals surface area (Å²) < 4.78 is 5.59. The monoisotopic (exact) mass is 377 g/mol. The molecular formula is C21H19N3O4. The number of aryl methyl sites for hydroxylation is 2. The lowest BCUT2D eigenvalue weighted by Gasteiger charge is -2.05. The van der Waals surface area contributed by atoms with Gasteiger partial charge in [-0.15, -0.1) is 0 Å². The maximum atomic E-state index is 12.1. The second kappa shape index (κ2) is 8.30. The quantitative estimate of drug-likeness (QED) is 0.396. The maximum Gasteiger partial charge on any atom is 0.280 e. The van der Waals surface area contributed by atoms with Gasteiger partial charge in [0.1, 0.15) is 11.5 Å². The van der Waals surface area contributed by atoms with Crippen molar-refractivity contribution in [2.75, 3.05) is 0 Å². The molecule has 0 saturated heterocycles. The summed E-state index contributed by atoms with van der Waals surface area (Å²) in [5.74, 6) is 0.490. The van der Waals surface area contributed by atoms with Crippen molar-refractivity contribution in [1.82, 2.24) is 5.43 Å². The summed E-state index contributed by atoms with van der Waals surface area (Å²) in [6.07, 6.45) is 1.58. The molecule has 0 aliphatic heterocycles. The van der Waals surface area contributed by atoms with Gasteiger partial charge in [-0.25, -0.2) is 5.43 Å². The van der Waals surface area contributed by atoms with E-state index >= 15 is 0 Å². The van der Waals surface area contributed by atoms with Gasteiger partial charge in [-0.2, -0.15) is 5.10 Å². The van der Waals surface area contributed by atoms with Crippen LogP contribution in [0.2, 0.25) is 0 Å². The zero-order chi connectivity index (χ0) is 20.1. The summed E-state index contributed by atoms with van der Waals surface area (Å²) in [7, 11) is 0. The van der Waals surface area contributed by atoms with Gasteiger partial charge in [-0.05, 0) is 43.2 Å². The Labute approximate surface area is 161 Å². The van der Waals surface area contributed by atoms with Crippen molar-refractivity contribution in [2.24, 2.45) is 5.10 Å². The molecule has 1 amide bonds. The number of rotatable bonds is 6. The zero-order valence-corrected chi connectivity index (χ0v) is 15.5. The molecule has 0 spiro atoms. The first kappa shape index (κ1) is 19.0. The van der Waals surface area contributed by atoms with Crippen molar-refractivity contribution in [3.63, 3.8) is 0 Å². The number of furan rings is 1. The molecule has 0 atom stereocenters. The van der Waals surface area contributed by atoms with Crippen molar-refractivity contribution in [3.8, 4) is 11.3 Å². The predicted octanol–water partition coefficient (Wildman–Crippen LogP) is 4.16. The highest BCUT2D eigenvalue weighted by Crippen LogP contribution is 2.30. The van der Waals surface area contributed by atoms with Crippen molar-refractivity contribution in [3.05, 3.63) is 87.2 Å². The molecule has 1 aromatic heterocycles. The van der Waals surface area contributed by atoms with E-state index in [9.17, 15) is 14.9 Å². The fourth-order valence-corrected chi connectivity index (χ4v) is 2.83. The molecule has 0 bridgehead atoms. The molecule has 142 valence electrons. The molecule has 1 N–H and O–H groups in total. The van der Waals surface area contributed by atoms with Gasteiger partial charge in [0.2, 0.25) is 5.91 Å². The Hall–Kier alpha value is -3.74. The van der Waals surface area contributed by atoms with Gasteiger partial charge in [-0.1, -0.05) is 35.9 Å². The Balaban J connectivity index is 1.64. The Morgan fingerprint density at radius 1 is 1.18 bits per heavy atom. The third kappa shape index (κ3) is 4.50. The Morgan fingerprint density at radius 3 is 2.71 bits per heavy atom. The lowest BCUT2D eigenvalue weighted by Crippen LogP contribution is -2.20. The summed E-state index contributed by atoms with van der Waals surface area (Å²) in [5, 5.41) is 15.0. The predicted molar refractivity (Wildman–Crippen MR) is 106 cm³/mol. The molecule has 3 aromatic rings. The fourth-order valence-electron chi connectivity index (χ4n) is 2.83. The van der Waals surface area contributed by atoms with Gasteiger partial charge in [0, 0.05) is 6.07 Å². The van der Waals surface area contributed by atoms with Crippen LogP contribution in [0, 0.1) is 24.0 Å². The van der Waals surface area contributed by atoms with Crippen LogP contribution < -0.4 is 5.43 Å². The minimum absolute atomic E-state index is 0.0397. The largest absolute Gasteiger partial charge is 0.455 e. The second-order valence-electron chi connectivity index (χ2n) is 6.38. The number of carbonyl (C=O) groups excluding carboxylic acids is 1. The number of hydrazone groups is 1. The molecule has 0 saturated carbocycles. The molecule has 0 aliphatic rings. The molecule has 0 unspecified atom stereocenters. The number of nitro groups is 1. The molecule has 0 aliphatic carbocycles. The van der Waals surface area contributed by atoms with Crippen LogP contribution in [0.4, 0.5) is 5.69 Å². The molecule has 7 heteroatoms. The van der Waals surface area contributed by atoms with Gasteiger partial charge in [0.05, 0.1) is 23.1 Å². The molecule has 28 heavy (non-hydrogen) atoms. The van der Waals surface area contributed by atoms with Gasteiger partial charge in [0.25, 0.3) is 5.69 Å². The van der Waals surface area contributed by atoms with E-state index in [1.807, 2.05) is 32.0 Å². The smallest absolute Gasteiger partial charge is 0.280 e. The van der Waals surface area contributed by atoms with Crippen molar-refractivity contribution in [1.29, 1.82) is 0 Å². The third-order valence-electron chi connectivity index (χ3n) is 4.22. The van der Waals surface area contributed by atoms with E-state index in [-0.39, 0.29) is 18.0 Å². The van der Waals surface area contributed by atoms with Crippen LogP contribution in [0.5, 0.6) is 0 Å². The van der Waals surface area contributed by atoms with Crippen LogP contribution in [0.3, 0.4) is 0 Å². The van der Waals surface area contributed by atoms with Crippen LogP contribution in [0.1, 0.15) is 22.5 Å². The van der Waals surface area contributed by atoms with Gasteiger partial charge in [-0.3, -0.25) is 14.9 Å². The summed E-state index contributed by atoms with van der Waals surface area (Å²) in [5.41, 5.74) is 5.94. The zero-order valence-electron chi connectivity index (χ0n) is 15.5. The van der Waals surface area contributed by atoms with Crippen molar-refractivity contribution < 1.29 is 14.1 Å². The Kier molecular flexibility index (Phi) is 5.64. The molecule has 0 radical (unpaired) electrons. The number of amides is 1. The number of nitrogens with zero attached hydrogens (tertiary/aromatic N) is 2. The number of hydrogen-bond acceptors (Lipinski definition) is 5. The van der Waals surface area contributed by atoms with E-state index in [1.54, 1.807) is 30.3 Å². The highest BCUT2D eigenvalue weighted by molar-refractivity contribution is 5.82.